The van der Waals surface area contributed by atoms with Crippen molar-refractivity contribution in [2.75, 3.05) is 0 Å². The molecule has 15 heavy (non-hydrogen) atoms. The summed E-state index contributed by atoms with van der Waals surface area (Å²) < 4.78 is 5.23. The Kier molecular flexibility index (Phi) is 3.48. The van der Waals surface area contributed by atoms with Gasteiger partial charge >= 0.3 is 0 Å². The number of carbonyl (C=O) groups is 1. The highest BCUT2D eigenvalue weighted by molar-refractivity contribution is 5.87. The Balaban J connectivity index is 2.77. The van der Waals surface area contributed by atoms with Crippen LogP contribution in [0.25, 0.3) is 0 Å². The first-order valence-corrected chi connectivity index (χ1v) is 4.94. The monoisotopic (exact) mass is 208 g/mol. The zero-order chi connectivity index (χ0) is 11.5. The molecule has 0 aromatic heterocycles. The number of aliphatic hydroxyl groups is 1. The van der Waals surface area contributed by atoms with E-state index in [1.807, 2.05) is 6.07 Å². The molecule has 1 aromatic carbocycles. The molecular formula is C12H16O3. The summed E-state index contributed by atoms with van der Waals surface area (Å²) in [7, 11) is 0. The van der Waals surface area contributed by atoms with E-state index in [9.17, 15) is 9.90 Å². The van der Waals surface area contributed by atoms with Crippen molar-refractivity contribution in [1.82, 2.24) is 0 Å². The summed E-state index contributed by atoms with van der Waals surface area (Å²) in [6, 6.07) is 8.80. The molecule has 1 aromatic rings. The lowest BCUT2D eigenvalue weighted by Crippen LogP contribution is -2.43. The lowest BCUT2D eigenvalue weighted by Gasteiger charge is -2.24. The van der Waals surface area contributed by atoms with E-state index in [1.54, 1.807) is 38.1 Å². The zero-order valence-corrected chi connectivity index (χ0v) is 9.23. The predicted molar refractivity (Wildman–Crippen MR) is 57.5 cm³/mol. The second kappa shape index (κ2) is 4.45. The Labute approximate surface area is 89.7 Å². The van der Waals surface area contributed by atoms with E-state index >= 15 is 0 Å². The van der Waals surface area contributed by atoms with Crippen molar-refractivity contribution in [3.63, 3.8) is 0 Å². The second-order valence-corrected chi connectivity index (χ2v) is 3.92. The van der Waals surface area contributed by atoms with Gasteiger partial charge in [-0.15, -0.1) is 0 Å². The van der Waals surface area contributed by atoms with Crippen molar-refractivity contribution in [1.29, 1.82) is 0 Å². The largest absolute Gasteiger partial charge is 0.455 e. The van der Waals surface area contributed by atoms with Gasteiger partial charge in [-0.2, -0.15) is 0 Å². The molecule has 1 N–H and O–H groups in total. The summed E-state index contributed by atoms with van der Waals surface area (Å²) in [5.41, 5.74) is 0. The standard InChI is InChI=1S/C12H16O3/c1-9(2)11(13)12(3,14)15-10-7-5-4-6-8-10/h4-9,14H,1-3H3. The fraction of sp³-hybridized carbons (Fsp3) is 0.417. The van der Waals surface area contributed by atoms with Crippen molar-refractivity contribution in [2.45, 2.75) is 26.6 Å². The fourth-order valence-corrected chi connectivity index (χ4v) is 1.30. The lowest BCUT2D eigenvalue weighted by atomic mass is 10.0. The Morgan fingerprint density at radius 3 is 2.33 bits per heavy atom. The minimum Gasteiger partial charge on any atom is -0.455 e. The van der Waals surface area contributed by atoms with E-state index in [-0.39, 0.29) is 11.7 Å². The van der Waals surface area contributed by atoms with Gasteiger partial charge < -0.3 is 9.84 Å². The molecule has 1 atom stereocenters. The number of para-hydroxylation sites is 1. The Bertz CT molecular complexity index is 328. The van der Waals surface area contributed by atoms with Crippen molar-refractivity contribution in [3.05, 3.63) is 30.3 Å². The molecule has 0 fully saturated rings. The molecule has 0 saturated heterocycles. The first kappa shape index (κ1) is 11.7. The van der Waals surface area contributed by atoms with Crippen LogP contribution in [0, 0.1) is 5.92 Å². The smallest absolute Gasteiger partial charge is 0.265 e. The molecule has 0 spiro atoms. The molecule has 0 aliphatic carbocycles. The van der Waals surface area contributed by atoms with Crippen LogP contribution in [0.2, 0.25) is 0 Å². The lowest BCUT2D eigenvalue weighted by molar-refractivity contribution is -0.170. The van der Waals surface area contributed by atoms with Crippen molar-refractivity contribution >= 4 is 5.78 Å². The minimum atomic E-state index is -1.75. The molecule has 0 aliphatic heterocycles. The highest BCUT2D eigenvalue weighted by Crippen LogP contribution is 2.19. The SMILES string of the molecule is CC(C)C(=O)C(C)(O)Oc1ccccc1. The van der Waals surface area contributed by atoms with Crippen LogP contribution in [-0.4, -0.2) is 16.7 Å². The number of hydrogen-bond acceptors (Lipinski definition) is 3. The van der Waals surface area contributed by atoms with E-state index in [0.29, 0.717) is 5.75 Å². The van der Waals surface area contributed by atoms with Gasteiger partial charge in [0.25, 0.3) is 5.79 Å². The molecule has 0 bridgehead atoms. The van der Waals surface area contributed by atoms with E-state index < -0.39 is 5.79 Å². The summed E-state index contributed by atoms with van der Waals surface area (Å²) in [4.78, 5) is 11.6. The number of rotatable bonds is 4. The highest BCUT2D eigenvalue weighted by Gasteiger charge is 2.34. The third-order valence-electron chi connectivity index (χ3n) is 2.04. The number of ether oxygens (including phenoxy) is 1. The summed E-state index contributed by atoms with van der Waals surface area (Å²) >= 11 is 0. The van der Waals surface area contributed by atoms with Crippen molar-refractivity contribution in [2.24, 2.45) is 5.92 Å². The van der Waals surface area contributed by atoms with Gasteiger partial charge in [0.1, 0.15) is 5.75 Å². The Hall–Kier alpha value is -1.35. The number of hydrogen-bond donors (Lipinski definition) is 1. The zero-order valence-electron chi connectivity index (χ0n) is 9.23. The molecule has 0 aliphatic rings. The average Bonchev–Trinajstić information content (AvgIpc) is 2.17. The summed E-state index contributed by atoms with van der Waals surface area (Å²) in [5, 5.41) is 9.84. The molecule has 82 valence electrons. The molecule has 0 saturated carbocycles. The first-order valence-electron chi connectivity index (χ1n) is 4.94. The predicted octanol–water partition coefficient (Wildman–Crippen LogP) is 2.00. The van der Waals surface area contributed by atoms with Gasteiger partial charge in [0.05, 0.1) is 0 Å². The highest BCUT2D eigenvalue weighted by atomic mass is 16.6. The van der Waals surface area contributed by atoms with Crippen molar-refractivity contribution in [3.8, 4) is 5.75 Å². The number of benzene rings is 1. The van der Waals surface area contributed by atoms with Crippen LogP contribution >= 0.6 is 0 Å². The van der Waals surface area contributed by atoms with Gasteiger partial charge in [-0.05, 0) is 12.1 Å². The van der Waals surface area contributed by atoms with E-state index in [2.05, 4.69) is 0 Å². The summed E-state index contributed by atoms with van der Waals surface area (Å²) in [5.74, 6) is -1.86. The van der Waals surface area contributed by atoms with Gasteiger partial charge in [0.15, 0.2) is 0 Å². The molecule has 1 unspecified atom stereocenters. The average molecular weight is 208 g/mol. The van der Waals surface area contributed by atoms with Crippen LogP contribution in [-0.2, 0) is 4.79 Å². The minimum absolute atomic E-state index is 0.260. The third-order valence-corrected chi connectivity index (χ3v) is 2.04. The summed E-state index contributed by atoms with van der Waals surface area (Å²) in [6.45, 7) is 4.82. The van der Waals surface area contributed by atoms with E-state index in [4.69, 9.17) is 4.74 Å². The van der Waals surface area contributed by atoms with Gasteiger partial charge in [-0.1, -0.05) is 32.0 Å². The maximum absolute atomic E-state index is 11.6. The normalized spacial score (nSPS) is 14.7. The molecule has 3 heteroatoms. The van der Waals surface area contributed by atoms with Crippen LogP contribution in [0.3, 0.4) is 0 Å². The number of Topliss-reactive ketones (excluding diaryl/α,β-unsaturated/α-hetero) is 1. The van der Waals surface area contributed by atoms with E-state index in [0.717, 1.165) is 0 Å². The van der Waals surface area contributed by atoms with Crippen LogP contribution in [0.4, 0.5) is 0 Å². The topological polar surface area (TPSA) is 46.5 Å². The van der Waals surface area contributed by atoms with Crippen LogP contribution < -0.4 is 4.74 Å². The quantitative estimate of drug-likeness (QED) is 0.770. The second-order valence-electron chi connectivity index (χ2n) is 3.92. The van der Waals surface area contributed by atoms with Gasteiger partial charge in [0, 0.05) is 12.8 Å². The maximum atomic E-state index is 11.6. The molecule has 3 nitrogen and oxygen atoms in total. The molecule has 1 rings (SSSR count). The van der Waals surface area contributed by atoms with Crippen LogP contribution in [0.1, 0.15) is 20.8 Å². The third kappa shape index (κ3) is 3.06. The van der Waals surface area contributed by atoms with Gasteiger partial charge in [-0.25, -0.2) is 0 Å². The molecular weight excluding hydrogens is 192 g/mol. The van der Waals surface area contributed by atoms with E-state index in [1.165, 1.54) is 6.92 Å². The van der Waals surface area contributed by atoms with Crippen LogP contribution in [0.15, 0.2) is 30.3 Å². The molecule has 0 heterocycles. The summed E-state index contributed by atoms with van der Waals surface area (Å²) in [6.07, 6.45) is 0. The molecule has 0 amide bonds. The van der Waals surface area contributed by atoms with Gasteiger partial charge in [-0.3, -0.25) is 4.79 Å². The van der Waals surface area contributed by atoms with Crippen molar-refractivity contribution < 1.29 is 14.6 Å². The Morgan fingerprint density at radius 1 is 1.33 bits per heavy atom. The molecule has 0 radical (unpaired) electrons. The van der Waals surface area contributed by atoms with Gasteiger partial charge in [0.2, 0.25) is 5.78 Å². The Morgan fingerprint density at radius 2 is 1.87 bits per heavy atom. The fourth-order valence-electron chi connectivity index (χ4n) is 1.30. The number of carbonyl (C=O) groups excluding carboxylic acids is 1. The maximum Gasteiger partial charge on any atom is 0.265 e. The first-order chi connectivity index (χ1) is 6.93. The number of ketones is 1. The van der Waals surface area contributed by atoms with Crippen LogP contribution in [0.5, 0.6) is 5.75 Å².